The van der Waals surface area contributed by atoms with Crippen molar-refractivity contribution in [2.24, 2.45) is 0 Å². The standard InChI is InChI=1S/C23H19ClN4O2S/c1-2-20-25-19(13-31-20)14-6-8-15(9-7-14)22-26-23(30-27-22)16-10-21(29)28(12-16)18-5-3-4-17(24)11-18/h3-9,11,13,16H,2,10,12H2,1H3/t16-/m0/s1. The van der Waals surface area contributed by atoms with Gasteiger partial charge in [-0.3, -0.25) is 4.79 Å². The highest BCUT2D eigenvalue weighted by molar-refractivity contribution is 7.09. The van der Waals surface area contributed by atoms with Crippen molar-refractivity contribution in [3.8, 4) is 22.6 Å². The zero-order chi connectivity index (χ0) is 21.4. The maximum absolute atomic E-state index is 12.5. The molecule has 1 aliphatic rings. The number of nitrogens with zero attached hydrogens (tertiary/aromatic N) is 4. The number of benzene rings is 2. The number of aryl methyl sites for hydroxylation is 1. The number of aromatic nitrogens is 3. The van der Waals surface area contributed by atoms with Crippen molar-refractivity contribution in [2.45, 2.75) is 25.7 Å². The van der Waals surface area contributed by atoms with Crippen LogP contribution in [-0.4, -0.2) is 27.6 Å². The number of hydrogen-bond acceptors (Lipinski definition) is 6. The minimum atomic E-state index is -0.144. The van der Waals surface area contributed by atoms with Gasteiger partial charge < -0.3 is 9.42 Å². The van der Waals surface area contributed by atoms with Gasteiger partial charge in [-0.05, 0) is 24.6 Å². The lowest BCUT2D eigenvalue weighted by Crippen LogP contribution is -2.24. The molecular formula is C23H19ClN4O2S. The van der Waals surface area contributed by atoms with E-state index in [0.29, 0.717) is 29.7 Å². The van der Waals surface area contributed by atoms with Crippen LogP contribution in [-0.2, 0) is 11.2 Å². The van der Waals surface area contributed by atoms with Crippen LogP contribution < -0.4 is 4.90 Å². The molecule has 0 bridgehead atoms. The van der Waals surface area contributed by atoms with Crippen molar-refractivity contribution in [1.29, 1.82) is 0 Å². The van der Waals surface area contributed by atoms with E-state index in [1.54, 1.807) is 28.4 Å². The van der Waals surface area contributed by atoms with Gasteiger partial charge in [0.25, 0.3) is 0 Å². The summed E-state index contributed by atoms with van der Waals surface area (Å²) in [6.07, 6.45) is 1.27. The molecule has 31 heavy (non-hydrogen) atoms. The van der Waals surface area contributed by atoms with Crippen LogP contribution >= 0.6 is 22.9 Å². The molecule has 0 spiro atoms. The first-order valence-electron chi connectivity index (χ1n) is 10.1. The van der Waals surface area contributed by atoms with E-state index in [0.717, 1.165) is 33.9 Å². The van der Waals surface area contributed by atoms with Crippen LogP contribution in [0.25, 0.3) is 22.6 Å². The largest absolute Gasteiger partial charge is 0.339 e. The molecule has 0 radical (unpaired) electrons. The van der Waals surface area contributed by atoms with Gasteiger partial charge >= 0.3 is 0 Å². The summed E-state index contributed by atoms with van der Waals surface area (Å²) in [7, 11) is 0. The first-order chi connectivity index (χ1) is 15.1. The third kappa shape index (κ3) is 3.98. The van der Waals surface area contributed by atoms with E-state index in [4.69, 9.17) is 16.1 Å². The number of halogens is 1. The summed E-state index contributed by atoms with van der Waals surface area (Å²) in [6, 6.07) is 15.2. The molecule has 6 nitrogen and oxygen atoms in total. The van der Waals surface area contributed by atoms with Crippen molar-refractivity contribution in [3.63, 3.8) is 0 Å². The number of rotatable bonds is 5. The van der Waals surface area contributed by atoms with E-state index in [1.165, 1.54) is 0 Å². The Bertz CT molecular complexity index is 1230. The summed E-state index contributed by atoms with van der Waals surface area (Å²) >= 11 is 7.74. The molecular weight excluding hydrogens is 432 g/mol. The Morgan fingerprint density at radius 1 is 1.16 bits per heavy atom. The molecule has 0 saturated carbocycles. The molecule has 3 heterocycles. The Hall–Kier alpha value is -3.03. The van der Waals surface area contributed by atoms with Gasteiger partial charge in [0.2, 0.25) is 17.6 Å². The number of carbonyl (C=O) groups is 1. The van der Waals surface area contributed by atoms with Crippen LogP contribution in [0.5, 0.6) is 0 Å². The molecule has 0 N–H and O–H groups in total. The predicted molar refractivity (Wildman–Crippen MR) is 121 cm³/mol. The minimum absolute atomic E-state index is 0.0195. The molecule has 8 heteroatoms. The van der Waals surface area contributed by atoms with Crippen LogP contribution in [0.4, 0.5) is 5.69 Å². The van der Waals surface area contributed by atoms with E-state index >= 15 is 0 Å². The highest BCUT2D eigenvalue weighted by Gasteiger charge is 2.35. The van der Waals surface area contributed by atoms with Crippen molar-refractivity contribution in [1.82, 2.24) is 15.1 Å². The summed E-state index contributed by atoms with van der Waals surface area (Å²) in [6.45, 7) is 2.59. The fourth-order valence-corrected chi connectivity index (χ4v) is 4.62. The number of hydrogen-bond donors (Lipinski definition) is 0. The number of thiazole rings is 1. The highest BCUT2D eigenvalue weighted by atomic mass is 35.5. The zero-order valence-corrected chi connectivity index (χ0v) is 18.4. The van der Waals surface area contributed by atoms with Crippen LogP contribution in [0.15, 0.2) is 58.4 Å². The maximum Gasteiger partial charge on any atom is 0.232 e. The van der Waals surface area contributed by atoms with Crippen molar-refractivity contribution < 1.29 is 9.32 Å². The second-order valence-corrected chi connectivity index (χ2v) is 8.78. The lowest BCUT2D eigenvalue weighted by Gasteiger charge is -2.16. The molecule has 1 amide bonds. The predicted octanol–water partition coefficient (Wildman–Crippen LogP) is 5.60. The summed E-state index contributed by atoms with van der Waals surface area (Å²) in [4.78, 5) is 23.4. The molecule has 5 rings (SSSR count). The smallest absolute Gasteiger partial charge is 0.232 e. The Kier molecular flexibility index (Phi) is 5.29. The first-order valence-corrected chi connectivity index (χ1v) is 11.3. The molecule has 4 aromatic rings. The molecule has 0 unspecified atom stereocenters. The zero-order valence-electron chi connectivity index (χ0n) is 16.8. The van der Waals surface area contributed by atoms with Crippen molar-refractivity contribution in [3.05, 3.63) is 69.8 Å². The average Bonchev–Trinajstić information content (AvgIpc) is 3.53. The SMILES string of the molecule is CCc1nc(-c2ccc(-c3noc([C@H]4CC(=O)N(c5cccc(Cl)c5)C4)n3)cc2)cs1. The van der Waals surface area contributed by atoms with Crippen LogP contribution in [0.1, 0.15) is 30.2 Å². The van der Waals surface area contributed by atoms with Gasteiger partial charge in [-0.1, -0.05) is 54.0 Å². The van der Waals surface area contributed by atoms with E-state index in [1.807, 2.05) is 36.4 Å². The van der Waals surface area contributed by atoms with Crippen molar-refractivity contribution in [2.75, 3.05) is 11.4 Å². The fourth-order valence-electron chi connectivity index (χ4n) is 3.68. The molecule has 1 aliphatic heterocycles. The second-order valence-electron chi connectivity index (χ2n) is 7.40. The lowest BCUT2D eigenvalue weighted by molar-refractivity contribution is -0.117. The molecule has 2 aromatic heterocycles. The van der Waals surface area contributed by atoms with Gasteiger partial charge in [0.1, 0.15) is 0 Å². The number of anilines is 1. The van der Waals surface area contributed by atoms with Gasteiger partial charge in [-0.15, -0.1) is 11.3 Å². The van der Waals surface area contributed by atoms with Gasteiger partial charge in [-0.2, -0.15) is 4.98 Å². The highest BCUT2D eigenvalue weighted by Crippen LogP contribution is 2.33. The topological polar surface area (TPSA) is 72.1 Å². The maximum atomic E-state index is 12.5. The molecule has 0 aliphatic carbocycles. The Morgan fingerprint density at radius 3 is 2.71 bits per heavy atom. The number of amides is 1. The fraction of sp³-hybridized carbons (Fsp3) is 0.217. The third-order valence-electron chi connectivity index (χ3n) is 5.33. The minimum Gasteiger partial charge on any atom is -0.339 e. The Labute approximate surface area is 188 Å². The van der Waals surface area contributed by atoms with E-state index in [9.17, 15) is 4.79 Å². The molecule has 2 aromatic carbocycles. The summed E-state index contributed by atoms with van der Waals surface area (Å²) in [5, 5.41) is 7.93. The first kappa shape index (κ1) is 19.9. The summed E-state index contributed by atoms with van der Waals surface area (Å²) in [5.74, 6) is 0.868. The normalized spacial score (nSPS) is 16.3. The monoisotopic (exact) mass is 450 g/mol. The average molecular weight is 451 g/mol. The summed E-state index contributed by atoms with van der Waals surface area (Å²) < 4.78 is 5.52. The van der Waals surface area contributed by atoms with E-state index in [-0.39, 0.29) is 11.8 Å². The quantitative estimate of drug-likeness (QED) is 0.396. The van der Waals surface area contributed by atoms with Crippen LogP contribution in [0.3, 0.4) is 0 Å². The van der Waals surface area contributed by atoms with E-state index < -0.39 is 0 Å². The van der Waals surface area contributed by atoms with Gasteiger partial charge in [0.15, 0.2) is 0 Å². The second kappa shape index (κ2) is 8.24. The van der Waals surface area contributed by atoms with Crippen LogP contribution in [0.2, 0.25) is 5.02 Å². The van der Waals surface area contributed by atoms with Gasteiger partial charge in [0.05, 0.1) is 16.6 Å². The Morgan fingerprint density at radius 2 is 1.97 bits per heavy atom. The van der Waals surface area contributed by atoms with E-state index in [2.05, 4.69) is 27.4 Å². The molecule has 1 atom stereocenters. The van der Waals surface area contributed by atoms with Gasteiger partial charge in [0, 0.05) is 40.2 Å². The molecule has 1 fully saturated rings. The Balaban J connectivity index is 1.32. The summed E-state index contributed by atoms with van der Waals surface area (Å²) in [5.41, 5.74) is 3.68. The van der Waals surface area contributed by atoms with Crippen LogP contribution in [0, 0.1) is 0 Å². The molecule has 1 saturated heterocycles. The number of carbonyl (C=O) groups excluding carboxylic acids is 1. The van der Waals surface area contributed by atoms with Gasteiger partial charge in [-0.25, -0.2) is 4.98 Å². The molecule has 156 valence electrons. The van der Waals surface area contributed by atoms with Crippen molar-refractivity contribution >= 4 is 34.5 Å². The lowest BCUT2D eigenvalue weighted by atomic mass is 10.1. The third-order valence-corrected chi connectivity index (χ3v) is 6.56.